The van der Waals surface area contributed by atoms with Gasteiger partial charge >= 0.3 is 7.67 Å². The van der Waals surface area contributed by atoms with Crippen LogP contribution in [0.5, 0.6) is 0 Å². The Kier molecular flexibility index (Phi) is 7.04. The Labute approximate surface area is 124 Å². The van der Waals surface area contributed by atoms with Gasteiger partial charge in [-0.25, -0.2) is 10.2 Å². The Morgan fingerprint density at radius 2 is 2.00 bits per heavy atom. The van der Waals surface area contributed by atoms with E-state index in [2.05, 4.69) is 0 Å². The molecular formula is C10H21Cl2N2O4P. The van der Waals surface area contributed by atoms with Gasteiger partial charge in [0, 0.05) is 24.8 Å². The Hall–Kier alpha value is 0.610. The van der Waals surface area contributed by atoms with E-state index in [9.17, 15) is 4.57 Å². The molecule has 6 nitrogen and oxygen atoms in total. The smallest absolute Gasteiger partial charge is 0.340 e. The van der Waals surface area contributed by atoms with Crippen molar-refractivity contribution in [2.75, 3.05) is 38.1 Å². The summed E-state index contributed by atoms with van der Waals surface area (Å²) in [5.74, 6) is -0.0341. The lowest BCUT2D eigenvalue weighted by atomic mass is 10.4. The largest absolute Gasteiger partial charge is 0.348 e. The van der Waals surface area contributed by atoms with Crippen molar-refractivity contribution in [3.8, 4) is 0 Å². The van der Waals surface area contributed by atoms with Crippen molar-refractivity contribution in [3.05, 3.63) is 0 Å². The van der Waals surface area contributed by atoms with Crippen molar-refractivity contribution >= 4 is 30.9 Å². The molecule has 1 saturated heterocycles. The van der Waals surface area contributed by atoms with Crippen LogP contribution in [0.1, 0.15) is 13.8 Å². The molecule has 19 heavy (non-hydrogen) atoms. The lowest BCUT2D eigenvalue weighted by molar-refractivity contribution is -0.141. The van der Waals surface area contributed by atoms with Gasteiger partial charge < -0.3 is 14.0 Å². The lowest BCUT2D eigenvalue weighted by Gasteiger charge is -2.27. The Morgan fingerprint density at radius 1 is 1.42 bits per heavy atom. The van der Waals surface area contributed by atoms with E-state index in [0.717, 1.165) is 0 Å². The topological polar surface area (TPSA) is 74.0 Å². The zero-order chi connectivity index (χ0) is 14.5. The van der Waals surface area contributed by atoms with E-state index in [0.29, 0.717) is 31.5 Å². The number of hydrogen-bond acceptors (Lipinski definition) is 4. The van der Waals surface area contributed by atoms with Crippen molar-refractivity contribution in [1.29, 1.82) is 0 Å². The molecule has 0 amide bonds. The van der Waals surface area contributed by atoms with Crippen LogP contribution >= 0.6 is 30.9 Å². The molecule has 1 fully saturated rings. The van der Waals surface area contributed by atoms with Crippen molar-refractivity contribution < 1.29 is 18.6 Å². The molecule has 0 aliphatic carbocycles. The zero-order valence-electron chi connectivity index (χ0n) is 11.2. The van der Waals surface area contributed by atoms with Crippen LogP contribution in [0.3, 0.4) is 0 Å². The molecule has 114 valence electrons. The number of rotatable bonds is 8. The van der Waals surface area contributed by atoms with Gasteiger partial charge in [-0.05, 0) is 13.8 Å². The third-order valence-corrected chi connectivity index (χ3v) is 4.64. The molecule has 1 rings (SSSR count). The summed E-state index contributed by atoms with van der Waals surface area (Å²) < 4.78 is 30.0. The zero-order valence-corrected chi connectivity index (χ0v) is 13.6. The predicted octanol–water partition coefficient (Wildman–Crippen LogP) is 2.00. The normalized spacial score (nSPS) is 25.7. The van der Waals surface area contributed by atoms with E-state index in [1.807, 2.05) is 13.8 Å². The van der Waals surface area contributed by atoms with Crippen LogP contribution in [0.25, 0.3) is 0 Å². The summed E-state index contributed by atoms with van der Waals surface area (Å²) in [5, 5.41) is 0. The van der Waals surface area contributed by atoms with Gasteiger partial charge in [-0.2, -0.15) is 0 Å². The Morgan fingerprint density at radius 3 is 2.42 bits per heavy atom. The van der Waals surface area contributed by atoms with Crippen molar-refractivity contribution in [1.82, 2.24) is 4.67 Å². The minimum atomic E-state index is -3.40. The summed E-state index contributed by atoms with van der Waals surface area (Å²) in [6.45, 7) is 4.83. The van der Waals surface area contributed by atoms with Crippen molar-refractivity contribution in [2.24, 2.45) is 5.50 Å². The fourth-order valence-corrected chi connectivity index (χ4v) is 3.65. The minimum Gasteiger partial charge on any atom is -0.348 e. The van der Waals surface area contributed by atoms with E-state index in [1.165, 1.54) is 4.67 Å². The molecule has 0 unspecified atom stereocenters. The van der Waals surface area contributed by atoms with Crippen LogP contribution in [-0.4, -0.2) is 54.6 Å². The van der Waals surface area contributed by atoms with Gasteiger partial charge in [-0.15, -0.1) is 23.2 Å². The van der Waals surface area contributed by atoms with E-state index < -0.39 is 13.5 Å². The highest BCUT2D eigenvalue weighted by atomic mass is 35.5. The van der Waals surface area contributed by atoms with Gasteiger partial charge in [0.1, 0.15) is 6.10 Å². The van der Waals surface area contributed by atoms with E-state index in [-0.39, 0.29) is 12.7 Å². The number of halogens is 2. The highest BCUT2D eigenvalue weighted by Crippen LogP contribution is 2.42. The fourth-order valence-electron chi connectivity index (χ4n) is 1.70. The Balaban J connectivity index is 2.47. The van der Waals surface area contributed by atoms with Crippen LogP contribution in [-0.2, 0) is 18.6 Å². The first-order valence-electron chi connectivity index (χ1n) is 6.03. The van der Waals surface area contributed by atoms with Gasteiger partial charge in [0.05, 0.1) is 13.2 Å². The third-order valence-electron chi connectivity index (χ3n) is 2.59. The van der Waals surface area contributed by atoms with Gasteiger partial charge in [-0.3, -0.25) is 4.57 Å². The summed E-state index contributed by atoms with van der Waals surface area (Å²) in [7, 11) is -3.40. The molecule has 1 aliphatic rings. The Bertz CT molecular complexity index is 327. The third kappa shape index (κ3) is 5.86. The first kappa shape index (κ1) is 17.7. The van der Waals surface area contributed by atoms with Gasteiger partial charge in [0.2, 0.25) is 0 Å². The molecule has 0 aromatic heterocycles. The highest BCUT2D eigenvalue weighted by Gasteiger charge is 2.35. The summed E-state index contributed by atoms with van der Waals surface area (Å²) in [4.78, 5) is 0. The average molecular weight is 335 g/mol. The quantitative estimate of drug-likeness (QED) is 0.540. The number of hydrogen-bond donors (Lipinski definition) is 1. The standard InChI is InChI=1S/C10H21Cl2N2O4P/c1-10(2)16-7-9(18-10)8-17-19(13,15)14(5-3-11)6-4-12/h9H,3-8H2,1-2H3,(H2,13,15)/t9-,19+/m0/s1. The monoisotopic (exact) mass is 334 g/mol. The molecule has 0 saturated carbocycles. The van der Waals surface area contributed by atoms with Crippen LogP contribution in [0.4, 0.5) is 0 Å². The lowest BCUT2D eigenvalue weighted by Crippen LogP contribution is -2.31. The van der Waals surface area contributed by atoms with Crippen molar-refractivity contribution in [3.63, 3.8) is 0 Å². The number of ether oxygens (including phenoxy) is 2. The van der Waals surface area contributed by atoms with Crippen molar-refractivity contribution in [2.45, 2.75) is 25.7 Å². The molecule has 1 heterocycles. The molecular weight excluding hydrogens is 314 g/mol. The van der Waals surface area contributed by atoms with Crippen LogP contribution < -0.4 is 5.50 Å². The summed E-state index contributed by atoms with van der Waals surface area (Å²) in [6, 6.07) is 0. The fraction of sp³-hybridized carbons (Fsp3) is 1.00. The van der Waals surface area contributed by atoms with Crippen LogP contribution in [0, 0.1) is 0 Å². The molecule has 1 aliphatic heterocycles. The SMILES string of the molecule is CC1(C)OC[C@@H](CO[P@@](N)(=O)N(CCCl)CCCl)O1. The molecule has 0 bridgehead atoms. The molecule has 2 atom stereocenters. The second kappa shape index (κ2) is 7.57. The minimum absolute atomic E-state index is 0.109. The molecule has 0 aromatic carbocycles. The maximum Gasteiger partial charge on any atom is 0.340 e. The molecule has 0 spiro atoms. The van der Waals surface area contributed by atoms with Gasteiger partial charge in [-0.1, -0.05) is 0 Å². The second-order valence-corrected chi connectivity index (χ2v) is 7.35. The summed E-state index contributed by atoms with van der Waals surface area (Å²) in [5.41, 5.74) is 5.72. The molecule has 9 heteroatoms. The molecule has 0 aromatic rings. The number of nitrogens with two attached hydrogens (primary N) is 1. The van der Waals surface area contributed by atoms with Gasteiger partial charge in [0.15, 0.2) is 5.79 Å². The van der Waals surface area contributed by atoms with E-state index in [1.54, 1.807) is 0 Å². The van der Waals surface area contributed by atoms with Crippen LogP contribution in [0.2, 0.25) is 0 Å². The number of nitrogens with zero attached hydrogens (tertiary/aromatic N) is 1. The highest BCUT2D eigenvalue weighted by molar-refractivity contribution is 7.53. The summed E-state index contributed by atoms with van der Waals surface area (Å²) in [6.07, 6.45) is -0.277. The molecule has 2 N–H and O–H groups in total. The number of alkyl halides is 2. The summed E-state index contributed by atoms with van der Waals surface area (Å²) >= 11 is 11.3. The maximum absolute atomic E-state index is 12.3. The second-order valence-electron chi connectivity index (χ2n) is 4.64. The first-order valence-corrected chi connectivity index (χ1v) is 8.74. The maximum atomic E-state index is 12.3. The van der Waals surface area contributed by atoms with Crippen LogP contribution in [0.15, 0.2) is 0 Å². The van der Waals surface area contributed by atoms with Gasteiger partial charge in [0.25, 0.3) is 0 Å². The van der Waals surface area contributed by atoms with E-state index in [4.69, 9.17) is 42.7 Å². The van der Waals surface area contributed by atoms with E-state index >= 15 is 0 Å². The predicted molar refractivity (Wildman–Crippen MR) is 75.7 cm³/mol. The first-order chi connectivity index (χ1) is 8.80. The molecule has 0 radical (unpaired) electrons. The average Bonchev–Trinajstić information content (AvgIpc) is 2.66.